The number of anilines is 1. The highest BCUT2D eigenvalue weighted by molar-refractivity contribution is 14.1. The van der Waals surface area contributed by atoms with Gasteiger partial charge in [0, 0.05) is 19.3 Å². The zero-order valence-electron chi connectivity index (χ0n) is 12.1. The number of esters is 1. The van der Waals surface area contributed by atoms with Crippen LogP contribution in [0.2, 0.25) is 0 Å². The van der Waals surface area contributed by atoms with Crippen molar-refractivity contribution in [3.63, 3.8) is 0 Å². The molecule has 0 saturated heterocycles. The van der Waals surface area contributed by atoms with E-state index in [0.717, 1.165) is 29.0 Å². The Bertz CT molecular complexity index is 438. The van der Waals surface area contributed by atoms with Crippen LogP contribution in [-0.2, 0) is 9.47 Å². The van der Waals surface area contributed by atoms with Gasteiger partial charge in [-0.25, -0.2) is 9.78 Å². The summed E-state index contributed by atoms with van der Waals surface area (Å²) in [5.41, 5.74) is 0.477. The Balaban J connectivity index is 2.45. The zero-order chi connectivity index (χ0) is 15.0. The first-order valence-corrected chi connectivity index (χ1v) is 7.80. The van der Waals surface area contributed by atoms with Crippen molar-refractivity contribution in [1.29, 1.82) is 0 Å². The molecule has 20 heavy (non-hydrogen) atoms. The van der Waals surface area contributed by atoms with Crippen LogP contribution >= 0.6 is 22.6 Å². The van der Waals surface area contributed by atoms with Crippen LogP contribution in [0.25, 0.3) is 0 Å². The second-order valence-corrected chi connectivity index (χ2v) is 5.64. The number of rotatable bonds is 8. The van der Waals surface area contributed by atoms with Crippen molar-refractivity contribution < 1.29 is 14.3 Å². The van der Waals surface area contributed by atoms with Crippen LogP contribution in [0.15, 0.2) is 12.3 Å². The standard InChI is InChI=1S/C14H21IN2O3/c1-4-19-14(18)11-8-12(15)13(17-9-11)16-6-5-7-20-10(2)3/h8-10H,4-7H2,1-3H3,(H,16,17). The lowest BCUT2D eigenvalue weighted by atomic mass is 10.3. The minimum absolute atomic E-state index is 0.261. The van der Waals surface area contributed by atoms with Gasteiger partial charge in [-0.05, 0) is 55.8 Å². The molecule has 0 aliphatic carbocycles. The fourth-order valence-corrected chi connectivity index (χ4v) is 2.16. The summed E-state index contributed by atoms with van der Waals surface area (Å²) in [4.78, 5) is 15.8. The van der Waals surface area contributed by atoms with Crippen molar-refractivity contribution in [3.05, 3.63) is 21.4 Å². The third-order valence-corrected chi connectivity index (χ3v) is 3.24. The molecule has 5 nitrogen and oxygen atoms in total. The van der Waals surface area contributed by atoms with E-state index in [1.165, 1.54) is 6.20 Å². The second kappa shape index (κ2) is 9.12. The van der Waals surface area contributed by atoms with Gasteiger partial charge in [0.2, 0.25) is 0 Å². The largest absolute Gasteiger partial charge is 0.462 e. The van der Waals surface area contributed by atoms with Crippen molar-refractivity contribution in [2.24, 2.45) is 0 Å². The molecule has 112 valence electrons. The van der Waals surface area contributed by atoms with Crippen LogP contribution in [-0.4, -0.2) is 36.8 Å². The van der Waals surface area contributed by atoms with E-state index in [-0.39, 0.29) is 12.1 Å². The van der Waals surface area contributed by atoms with Crippen LogP contribution in [0.1, 0.15) is 37.6 Å². The van der Waals surface area contributed by atoms with E-state index in [2.05, 4.69) is 32.9 Å². The quantitative estimate of drug-likeness (QED) is 0.419. The van der Waals surface area contributed by atoms with Crippen LogP contribution in [0.4, 0.5) is 5.82 Å². The van der Waals surface area contributed by atoms with Gasteiger partial charge < -0.3 is 14.8 Å². The SMILES string of the molecule is CCOC(=O)c1cnc(NCCCOC(C)C)c(I)c1. The predicted molar refractivity (Wildman–Crippen MR) is 87.1 cm³/mol. The highest BCUT2D eigenvalue weighted by Crippen LogP contribution is 2.17. The van der Waals surface area contributed by atoms with Crippen LogP contribution < -0.4 is 5.32 Å². The number of hydrogen-bond donors (Lipinski definition) is 1. The van der Waals surface area contributed by atoms with E-state index in [0.29, 0.717) is 12.2 Å². The van der Waals surface area contributed by atoms with Gasteiger partial charge in [0.1, 0.15) is 5.82 Å². The summed E-state index contributed by atoms with van der Waals surface area (Å²) in [5.74, 6) is 0.443. The van der Waals surface area contributed by atoms with Gasteiger partial charge in [-0.15, -0.1) is 0 Å². The number of nitrogens with one attached hydrogen (secondary N) is 1. The van der Waals surface area contributed by atoms with Gasteiger partial charge in [-0.3, -0.25) is 0 Å². The molecule has 0 bridgehead atoms. The van der Waals surface area contributed by atoms with E-state index < -0.39 is 0 Å². The molecule has 1 aromatic rings. The minimum Gasteiger partial charge on any atom is -0.462 e. The molecule has 0 aromatic carbocycles. The Hall–Kier alpha value is -0.890. The summed E-state index contributed by atoms with van der Waals surface area (Å²) in [6, 6.07) is 1.78. The Morgan fingerprint density at radius 3 is 2.85 bits per heavy atom. The molecule has 1 rings (SSSR count). The van der Waals surface area contributed by atoms with Gasteiger partial charge in [0.15, 0.2) is 0 Å². The molecule has 0 atom stereocenters. The lowest BCUT2D eigenvalue weighted by Crippen LogP contribution is -2.12. The van der Waals surface area contributed by atoms with Gasteiger partial charge in [0.05, 0.1) is 21.8 Å². The summed E-state index contributed by atoms with van der Waals surface area (Å²) in [6.07, 6.45) is 2.71. The highest BCUT2D eigenvalue weighted by atomic mass is 127. The first-order chi connectivity index (χ1) is 9.54. The maximum Gasteiger partial charge on any atom is 0.339 e. The van der Waals surface area contributed by atoms with E-state index in [4.69, 9.17) is 9.47 Å². The molecular weight excluding hydrogens is 371 g/mol. The zero-order valence-corrected chi connectivity index (χ0v) is 14.3. The summed E-state index contributed by atoms with van der Waals surface area (Å²) in [7, 11) is 0. The molecule has 0 aliphatic rings. The first kappa shape index (κ1) is 17.2. The summed E-state index contributed by atoms with van der Waals surface area (Å²) < 4.78 is 11.3. The highest BCUT2D eigenvalue weighted by Gasteiger charge is 2.10. The predicted octanol–water partition coefficient (Wildman–Crippen LogP) is 3.09. The van der Waals surface area contributed by atoms with Crippen LogP contribution in [0.3, 0.4) is 0 Å². The number of carbonyl (C=O) groups is 1. The van der Waals surface area contributed by atoms with Gasteiger partial charge in [-0.1, -0.05) is 0 Å². The molecule has 0 amide bonds. The molecule has 1 aromatic heterocycles. The lowest BCUT2D eigenvalue weighted by molar-refractivity contribution is 0.0526. The molecule has 0 fully saturated rings. The number of aromatic nitrogens is 1. The number of pyridine rings is 1. The molecule has 0 aliphatic heterocycles. The van der Waals surface area contributed by atoms with E-state index in [1.807, 2.05) is 13.8 Å². The number of hydrogen-bond acceptors (Lipinski definition) is 5. The Kier molecular flexibility index (Phi) is 7.83. The van der Waals surface area contributed by atoms with Crippen molar-refractivity contribution in [2.75, 3.05) is 25.1 Å². The molecule has 6 heteroatoms. The third kappa shape index (κ3) is 6.04. The average Bonchev–Trinajstić information content (AvgIpc) is 2.39. The normalized spacial score (nSPS) is 10.7. The molecular formula is C14H21IN2O3. The van der Waals surface area contributed by atoms with Crippen molar-refractivity contribution in [2.45, 2.75) is 33.3 Å². The number of carbonyl (C=O) groups excluding carboxylic acids is 1. The van der Waals surface area contributed by atoms with Gasteiger partial charge >= 0.3 is 5.97 Å². The maximum absolute atomic E-state index is 11.6. The molecule has 0 saturated carbocycles. The van der Waals surface area contributed by atoms with Crippen molar-refractivity contribution in [3.8, 4) is 0 Å². The van der Waals surface area contributed by atoms with Crippen molar-refractivity contribution >= 4 is 34.4 Å². The number of halogens is 1. The minimum atomic E-state index is -0.338. The average molecular weight is 392 g/mol. The van der Waals surface area contributed by atoms with E-state index in [9.17, 15) is 4.79 Å². The molecule has 0 radical (unpaired) electrons. The van der Waals surface area contributed by atoms with Crippen molar-refractivity contribution in [1.82, 2.24) is 4.98 Å². The van der Waals surface area contributed by atoms with Crippen LogP contribution in [0.5, 0.6) is 0 Å². The lowest BCUT2D eigenvalue weighted by Gasteiger charge is -2.10. The summed E-state index contributed by atoms with van der Waals surface area (Å²) in [5, 5.41) is 3.23. The fourth-order valence-electron chi connectivity index (χ4n) is 1.49. The maximum atomic E-state index is 11.6. The Labute approximate surface area is 133 Å². The summed E-state index contributed by atoms with van der Waals surface area (Å²) >= 11 is 2.16. The Morgan fingerprint density at radius 1 is 1.50 bits per heavy atom. The molecule has 1 N–H and O–H groups in total. The van der Waals surface area contributed by atoms with Gasteiger partial charge in [-0.2, -0.15) is 0 Å². The number of ether oxygens (including phenoxy) is 2. The van der Waals surface area contributed by atoms with Crippen LogP contribution in [0, 0.1) is 3.57 Å². The first-order valence-electron chi connectivity index (χ1n) is 6.72. The smallest absolute Gasteiger partial charge is 0.339 e. The molecule has 0 unspecified atom stereocenters. The topological polar surface area (TPSA) is 60.5 Å². The van der Waals surface area contributed by atoms with Gasteiger partial charge in [0.25, 0.3) is 0 Å². The Morgan fingerprint density at radius 2 is 2.25 bits per heavy atom. The van der Waals surface area contributed by atoms with E-state index in [1.54, 1.807) is 13.0 Å². The molecule has 1 heterocycles. The third-order valence-electron chi connectivity index (χ3n) is 2.42. The van der Waals surface area contributed by atoms with E-state index >= 15 is 0 Å². The fraction of sp³-hybridized carbons (Fsp3) is 0.571. The number of nitrogens with zero attached hydrogens (tertiary/aromatic N) is 1. The monoisotopic (exact) mass is 392 g/mol. The summed E-state index contributed by atoms with van der Waals surface area (Å²) in [6.45, 7) is 7.70. The second-order valence-electron chi connectivity index (χ2n) is 4.47. The molecule has 0 spiro atoms.